The van der Waals surface area contributed by atoms with Gasteiger partial charge >= 0.3 is 0 Å². The van der Waals surface area contributed by atoms with Crippen LogP contribution in [0.25, 0.3) is 0 Å². The number of carbonyl (C=O) groups is 3. The zero-order chi connectivity index (χ0) is 7.98. The molecule has 56 valence electrons. The lowest BCUT2D eigenvalue weighted by Crippen LogP contribution is -2.34. The van der Waals surface area contributed by atoms with Crippen molar-refractivity contribution in [3.8, 4) is 0 Å². The molecule has 0 rings (SSSR count). The highest BCUT2D eigenvalue weighted by molar-refractivity contribution is 5.78. The summed E-state index contributed by atoms with van der Waals surface area (Å²) in [6, 6.07) is -0.657. The molecule has 0 aromatic rings. The summed E-state index contributed by atoms with van der Waals surface area (Å²) in [5.74, 6) is -0.307. The van der Waals surface area contributed by atoms with Gasteiger partial charge in [-0.25, -0.2) is 0 Å². The summed E-state index contributed by atoms with van der Waals surface area (Å²) in [5, 5.41) is 2.29. The van der Waals surface area contributed by atoms with Crippen molar-refractivity contribution in [2.45, 2.75) is 19.4 Å². The highest BCUT2D eigenvalue weighted by Gasteiger charge is 2.05. The molecule has 0 aliphatic rings. The molecule has 1 atom stereocenters. The van der Waals surface area contributed by atoms with Gasteiger partial charge in [0.1, 0.15) is 12.6 Å². The van der Waals surface area contributed by atoms with E-state index in [9.17, 15) is 14.4 Å². The lowest BCUT2D eigenvalue weighted by Gasteiger charge is -2.05. The number of carbonyl (C=O) groups excluding carboxylic acids is 3. The first kappa shape index (κ1) is 8.81. The molecule has 4 heteroatoms. The quantitative estimate of drug-likeness (QED) is 0.528. The molecule has 0 aromatic carbocycles. The van der Waals surface area contributed by atoms with Gasteiger partial charge in [-0.15, -0.1) is 0 Å². The number of amides is 1. The third-order valence-electron chi connectivity index (χ3n) is 0.903. The number of hydrogen-bond acceptors (Lipinski definition) is 3. The van der Waals surface area contributed by atoms with Crippen LogP contribution in [0.15, 0.2) is 0 Å². The van der Waals surface area contributed by atoms with Crippen LogP contribution in [-0.4, -0.2) is 24.5 Å². The molecular formula is C6H9NO3. The molecule has 1 amide bonds. The van der Waals surface area contributed by atoms with E-state index in [4.69, 9.17) is 0 Å². The fourth-order valence-corrected chi connectivity index (χ4v) is 0.513. The Balaban J connectivity index is 3.70. The Labute approximate surface area is 58.6 Å². The highest BCUT2D eigenvalue weighted by Crippen LogP contribution is 1.82. The monoisotopic (exact) mass is 143 g/mol. The van der Waals surface area contributed by atoms with E-state index in [2.05, 4.69) is 5.32 Å². The minimum atomic E-state index is -0.657. The molecule has 0 radical (unpaired) electrons. The van der Waals surface area contributed by atoms with Crippen LogP contribution in [-0.2, 0) is 14.4 Å². The smallest absolute Gasteiger partial charge is 0.217 e. The molecule has 0 saturated heterocycles. The zero-order valence-corrected chi connectivity index (χ0v) is 5.66. The van der Waals surface area contributed by atoms with Crippen LogP contribution in [0.5, 0.6) is 0 Å². The number of nitrogens with one attached hydrogen (secondary N) is 1. The zero-order valence-electron chi connectivity index (χ0n) is 5.66. The second-order valence-electron chi connectivity index (χ2n) is 1.85. The maximum absolute atomic E-state index is 10.3. The predicted octanol–water partition coefficient (Wildman–Crippen LogP) is -0.721. The molecule has 0 heterocycles. The second kappa shape index (κ2) is 4.67. The Kier molecular flexibility index (Phi) is 4.11. The van der Waals surface area contributed by atoms with Crippen molar-refractivity contribution in [3.05, 3.63) is 0 Å². The van der Waals surface area contributed by atoms with Gasteiger partial charge in [0.15, 0.2) is 0 Å². The maximum atomic E-state index is 10.3. The van der Waals surface area contributed by atoms with E-state index in [0.29, 0.717) is 12.6 Å². The topological polar surface area (TPSA) is 63.2 Å². The number of rotatable bonds is 4. The van der Waals surface area contributed by atoms with Gasteiger partial charge in [-0.05, 0) is 0 Å². The van der Waals surface area contributed by atoms with Crippen molar-refractivity contribution >= 4 is 18.5 Å². The van der Waals surface area contributed by atoms with Crippen molar-refractivity contribution in [2.75, 3.05) is 0 Å². The fourth-order valence-electron chi connectivity index (χ4n) is 0.513. The van der Waals surface area contributed by atoms with Crippen LogP contribution in [0.3, 0.4) is 0 Å². The summed E-state index contributed by atoms with van der Waals surface area (Å²) in [7, 11) is 0. The van der Waals surface area contributed by atoms with E-state index in [-0.39, 0.29) is 12.3 Å². The fraction of sp³-hybridized carbons (Fsp3) is 0.500. The molecule has 10 heavy (non-hydrogen) atoms. The third-order valence-corrected chi connectivity index (χ3v) is 0.903. The van der Waals surface area contributed by atoms with E-state index in [1.807, 2.05) is 0 Å². The molecule has 1 unspecified atom stereocenters. The number of aldehydes is 2. The standard InChI is InChI=1S/C6H9NO3/c1-5(10)7-6(4-9)2-3-8/h3-4,6H,2H2,1H3,(H,7,10). The Morgan fingerprint density at radius 2 is 2.20 bits per heavy atom. The minimum Gasteiger partial charge on any atom is -0.346 e. The van der Waals surface area contributed by atoms with Crippen molar-refractivity contribution < 1.29 is 14.4 Å². The van der Waals surface area contributed by atoms with Crippen LogP contribution in [0.4, 0.5) is 0 Å². The van der Waals surface area contributed by atoms with E-state index in [1.165, 1.54) is 6.92 Å². The van der Waals surface area contributed by atoms with Crippen LogP contribution >= 0.6 is 0 Å². The molecule has 0 aromatic heterocycles. The molecule has 0 aliphatic heterocycles. The SMILES string of the molecule is CC(=O)NC(C=O)CC=O. The Bertz CT molecular complexity index is 144. The molecule has 0 saturated carbocycles. The van der Waals surface area contributed by atoms with Crippen molar-refractivity contribution in [1.82, 2.24) is 5.32 Å². The Hall–Kier alpha value is -1.19. The van der Waals surface area contributed by atoms with Gasteiger partial charge in [0.2, 0.25) is 5.91 Å². The van der Waals surface area contributed by atoms with E-state index >= 15 is 0 Å². The summed E-state index contributed by atoms with van der Waals surface area (Å²) >= 11 is 0. The molecule has 0 spiro atoms. The Morgan fingerprint density at radius 3 is 2.50 bits per heavy atom. The summed E-state index contributed by atoms with van der Waals surface area (Å²) in [4.78, 5) is 30.2. The average Bonchev–Trinajstić information content (AvgIpc) is 1.86. The van der Waals surface area contributed by atoms with Crippen molar-refractivity contribution in [3.63, 3.8) is 0 Å². The lowest BCUT2D eigenvalue weighted by molar-refractivity contribution is -0.122. The summed E-state index contributed by atoms with van der Waals surface area (Å²) in [5.41, 5.74) is 0. The third kappa shape index (κ3) is 3.77. The van der Waals surface area contributed by atoms with Gasteiger partial charge in [-0.1, -0.05) is 0 Å². The normalized spacial score (nSPS) is 11.7. The lowest BCUT2D eigenvalue weighted by atomic mass is 10.2. The van der Waals surface area contributed by atoms with Crippen LogP contribution in [0.1, 0.15) is 13.3 Å². The molecule has 4 nitrogen and oxygen atoms in total. The summed E-state index contributed by atoms with van der Waals surface area (Å²) in [6.45, 7) is 1.29. The average molecular weight is 143 g/mol. The summed E-state index contributed by atoms with van der Waals surface area (Å²) in [6.07, 6.45) is 1.17. The van der Waals surface area contributed by atoms with Crippen LogP contribution in [0, 0.1) is 0 Å². The highest BCUT2D eigenvalue weighted by atomic mass is 16.2. The van der Waals surface area contributed by atoms with Gasteiger partial charge in [-0.3, -0.25) is 4.79 Å². The first-order valence-electron chi connectivity index (χ1n) is 2.86. The molecule has 1 N–H and O–H groups in total. The van der Waals surface area contributed by atoms with Crippen molar-refractivity contribution in [2.24, 2.45) is 0 Å². The van der Waals surface area contributed by atoms with Gasteiger partial charge in [0.25, 0.3) is 0 Å². The van der Waals surface area contributed by atoms with Gasteiger partial charge in [0.05, 0.1) is 6.04 Å². The van der Waals surface area contributed by atoms with Crippen LogP contribution in [0.2, 0.25) is 0 Å². The Morgan fingerprint density at radius 1 is 1.60 bits per heavy atom. The number of hydrogen-bond donors (Lipinski definition) is 1. The van der Waals surface area contributed by atoms with E-state index < -0.39 is 6.04 Å². The largest absolute Gasteiger partial charge is 0.346 e. The van der Waals surface area contributed by atoms with E-state index in [1.54, 1.807) is 0 Å². The molecular weight excluding hydrogens is 134 g/mol. The van der Waals surface area contributed by atoms with E-state index in [0.717, 1.165) is 0 Å². The van der Waals surface area contributed by atoms with Gasteiger partial charge in [0, 0.05) is 13.3 Å². The first-order valence-corrected chi connectivity index (χ1v) is 2.86. The minimum absolute atomic E-state index is 0.0447. The predicted molar refractivity (Wildman–Crippen MR) is 34.3 cm³/mol. The van der Waals surface area contributed by atoms with Gasteiger partial charge in [-0.2, -0.15) is 0 Å². The first-order chi connectivity index (χ1) is 4.70. The second-order valence-corrected chi connectivity index (χ2v) is 1.85. The molecule has 0 bridgehead atoms. The molecule has 0 fully saturated rings. The van der Waals surface area contributed by atoms with Crippen LogP contribution < -0.4 is 5.32 Å². The summed E-state index contributed by atoms with van der Waals surface area (Å²) < 4.78 is 0. The van der Waals surface area contributed by atoms with Crippen molar-refractivity contribution in [1.29, 1.82) is 0 Å². The van der Waals surface area contributed by atoms with Gasteiger partial charge < -0.3 is 14.9 Å². The molecule has 0 aliphatic carbocycles. The maximum Gasteiger partial charge on any atom is 0.217 e.